The molecule has 1 aromatic carbocycles. The largest absolute Gasteiger partial charge is 0.214 e. The first kappa shape index (κ1) is 16.7. The molecule has 0 aliphatic rings. The van der Waals surface area contributed by atoms with Crippen LogP contribution >= 0.6 is 0 Å². The molecule has 1 rings (SSSR count). The van der Waals surface area contributed by atoms with Crippen molar-refractivity contribution in [2.75, 3.05) is 18.8 Å². The summed E-state index contributed by atoms with van der Waals surface area (Å²) in [6.07, 6.45) is 0. The van der Waals surface area contributed by atoms with Crippen molar-refractivity contribution in [1.82, 2.24) is 4.31 Å². The molecular weight excluding hydrogens is 272 g/mol. The second kappa shape index (κ2) is 7.41. The van der Waals surface area contributed by atoms with Crippen LogP contribution in [0.25, 0.3) is 0 Å². The average Bonchev–Trinajstić information content (AvgIpc) is 2.44. The summed E-state index contributed by atoms with van der Waals surface area (Å²) in [6.45, 7) is 6.11. The molecule has 0 saturated carbocycles. The Balaban J connectivity index is 2.80. The molecule has 20 heavy (non-hydrogen) atoms. The van der Waals surface area contributed by atoms with Crippen molar-refractivity contribution in [2.45, 2.75) is 26.7 Å². The molecule has 0 saturated heterocycles. The standard InChI is InChI=1S/C15H22N2O2S/c1-4-17(11-13(2)10-16)20(18,19)12-14(3)15-8-6-5-7-9-15/h5-9,13-14H,4,11-12H2,1-3H3. The monoisotopic (exact) mass is 294 g/mol. The van der Waals surface area contributed by atoms with E-state index in [0.717, 1.165) is 5.56 Å². The molecule has 0 aromatic heterocycles. The maximum Gasteiger partial charge on any atom is 0.214 e. The molecule has 2 atom stereocenters. The molecule has 110 valence electrons. The lowest BCUT2D eigenvalue weighted by atomic mass is 10.0. The van der Waals surface area contributed by atoms with Crippen LogP contribution in [0.5, 0.6) is 0 Å². The van der Waals surface area contributed by atoms with E-state index in [1.807, 2.05) is 37.3 Å². The van der Waals surface area contributed by atoms with Crippen molar-refractivity contribution in [3.8, 4) is 6.07 Å². The molecule has 0 aliphatic heterocycles. The van der Waals surface area contributed by atoms with Gasteiger partial charge in [-0.3, -0.25) is 0 Å². The first-order valence-corrected chi connectivity index (χ1v) is 8.44. The summed E-state index contributed by atoms with van der Waals surface area (Å²) in [7, 11) is -3.34. The van der Waals surface area contributed by atoms with Gasteiger partial charge in [0.1, 0.15) is 0 Å². The van der Waals surface area contributed by atoms with Crippen molar-refractivity contribution < 1.29 is 8.42 Å². The highest BCUT2D eigenvalue weighted by molar-refractivity contribution is 7.89. The molecular formula is C15H22N2O2S. The maximum absolute atomic E-state index is 12.4. The van der Waals surface area contributed by atoms with Gasteiger partial charge < -0.3 is 0 Å². The van der Waals surface area contributed by atoms with Gasteiger partial charge in [-0.2, -0.15) is 5.26 Å². The molecule has 0 aliphatic carbocycles. The Kier molecular flexibility index (Phi) is 6.18. The minimum absolute atomic E-state index is 0.0624. The van der Waals surface area contributed by atoms with Crippen LogP contribution in [0, 0.1) is 17.2 Å². The van der Waals surface area contributed by atoms with Gasteiger partial charge in [0.05, 0.1) is 17.7 Å². The summed E-state index contributed by atoms with van der Waals surface area (Å²) >= 11 is 0. The van der Waals surface area contributed by atoms with Gasteiger partial charge in [0.2, 0.25) is 10.0 Å². The van der Waals surface area contributed by atoms with Crippen LogP contribution in [-0.2, 0) is 10.0 Å². The maximum atomic E-state index is 12.4. The van der Waals surface area contributed by atoms with E-state index in [1.165, 1.54) is 4.31 Å². The van der Waals surface area contributed by atoms with Crippen LogP contribution in [0.15, 0.2) is 30.3 Å². The Hall–Kier alpha value is -1.38. The Labute approximate surface area is 122 Å². The van der Waals surface area contributed by atoms with Crippen LogP contribution in [0.1, 0.15) is 32.3 Å². The molecule has 1 aromatic rings. The zero-order valence-corrected chi connectivity index (χ0v) is 13.1. The Morgan fingerprint density at radius 1 is 1.25 bits per heavy atom. The Bertz CT molecular complexity index is 549. The van der Waals surface area contributed by atoms with Crippen molar-refractivity contribution >= 4 is 10.0 Å². The second-order valence-electron chi connectivity index (χ2n) is 5.07. The van der Waals surface area contributed by atoms with Gasteiger partial charge in [-0.15, -0.1) is 0 Å². The van der Waals surface area contributed by atoms with Crippen LogP contribution in [-0.4, -0.2) is 31.6 Å². The lowest BCUT2D eigenvalue weighted by Gasteiger charge is -2.23. The van der Waals surface area contributed by atoms with E-state index in [-0.39, 0.29) is 24.1 Å². The fourth-order valence-corrected chi connectivity index (χ4v) is 3.96. The summed E-state index contributed by atoms with van der Waals surface area (Å²) in [6, 6.07) is 11.7. The number of rotatable bonds is 7. The van der Waals surface area contributed by atoms with Crippen molar-refractivity contribution in [2.24, 2.45) is 5.92 Å². The summed E-state index contributed by atoms with van der Waals surface area (Å²) in [5.74, 6) is -0.285. The third-order valence-corrected chi connectivity index (χ3v) is 5.39. The van der Waals surface area contributed by atoms with E-state index in [4.69, 9.17) is 5.26 Å². The number of nitriles is 1. The summed E-state index contributed by atoms with van der Waals surface area (Å²) < 4.78 is 26.2. The quantitative estimate of drug-likeness (QED) is 0.776. The summed E-state index contributed by atoms with van der Waals surface area (Å²) in [5, 5.41) is 8.83. The van der Waals surface area contributed by atoms with Crippen molar-refractivity contribution in [3.63, 3.8) is 0 Å². The van der Waals surface area contributed by atoms with Crippen LogP contribution < -0.4 is 0 Å². The van der Waals surface area contributed by atoms with Gasteiger partial charge in [-0.25, -0.2) is 12.7 Å². The molecule has 0 N–H and O–H groups in total. The first-order valence-electron chi connectivity index (χ1n) is 6.83. The second-order valence-corrected chi connectivity index (χ2v) is 7.08. The molecule has 0 radical (unpaired) electrons. The molecule has 2 unspecified atom stereocenters. The number of benzene rings is 1. The third kappa shape index (κ3) is 4.62. The van der Waals surface area contributed by atoms with Crippen molar-refractivity contribution in [1.29, 1.82) is 5.26 Å². The minimum Gasteiger partial charge on any atom is -0.212 e. The molecule has 4 nitrogen and oxygen atoms in total. The van der Waals surface area contributed by atoms with Crippen LogP contribution in [0.4, 0.5) is 0 Å². The van der Waals surface area contributed by atoms with Gasteiger partial charge in [0.15, 0.2) is 0 Å². The normalized spacial score (nSPS) is 14.8. The Morgan fingerprint density at radius 3 is 2.35 bits per heavy atom. The van der Waals surface area contributed by atoms with Crippen LogP contribution in [0.2, 0.25) is 0 Å². The molecule has 0 heterocycles. The molecule has 0 spiro atoms. The fourth-order valence-electron chi connectivity index (χ4n) is 2.08. The van der Waals surface area contributed by atoms with E-state index >= 15 is 0 Å². The minimum atomic E-state index is -3.34. The van der Waals surface area contributed by atoms with Crippen LogP contribution in [0.3, 0.4) is 0 Å². The molecule has 0 amide bonds. The summed E-state index contributed by atoms with van der Waals surface area (Å²) in [4.78, 5) is 0. The van der Waals surface area contributed by atoms with E-state index in [9.17, 15) is 8.42 Å². The van der Waals surface area contributed by atoms with Gasteiger partial charge in [0, 0.05) is 13.1 Å². The molecule has 0 fully saturated rings. The molecule has 0 bridgehead atoms. The highest BCUT2D eigenvalue weighted by Gasteiger charge is 2.25. The number of hydrogen-bond acceptors (Lipinski definition) is 3. The smallest absolute Gasteiger partial charge is 0.212 e. The zero-order valence-electron chi connectivity index (χ0n) is 12.3. The van der Waals surface area contributed by atoms with E-state index < -0.39 is 10.0 Å². The fraction of sp³-hybridized carbons (Fsp3) is 0.533. The predicted octanol–water partition coefficient (Wildman–Crippen LogP) is 2.60. The highest BCUT2D eigenvalue weighted by Crippen LogP contribution is 2.19. The summed E-state index contributed by atoms with van der Waals surface area (Å²) in [5.41, 5.74) is 1.01. The number of nitrogens with zero attached hydrogens (tertiary/aromatic N) is 2. The Morgan fingerprint density at radius 2 is 1.85 bits per heavy atom. The van der Waals surface area contributed by atoms with E-state index in [2.05, 4.69) is 6.07 Å². The number of sulfonamides is 1. The first-order chi connectivity index (χ1) is 9.40. The van der Waals surface area contributed by atoms with Gasteiger partial charge >= 0.3 is 0 Å². The number of hydrogen-bond donors (Lipinski definition) is 0. The van der Waals surface area contributed by atoms with Crippen molar-refractivity contribution in [3.05, 3.63) is 35.9 Å². The topological polar surface area (TPSA) is 61.2 Å². The lowest BCUT2D eigenvalue weighted by molar-refractivity contribution is 0.398. The van der Waals surface area contributed by atoms with Gasteiger partial charge in [-0.1, -0.05) is 44.2 Å². The lowest BCUT2D eigenvalue weighted by Crippen LogP contribution is -2.37. The SMILES string of the molecule is CCN(CC(C)C#N)S(=O)(=O)CC(C)c1ccccc1. The molecule has 5 heteroatoms. The van der Waals surface area contributed by atoms with Gasteiger partial charge in [-0.05, 0) is 18.4 Å². The third-order valence-electron chi connectivity index (χ3n) is 3.27. The van der Waals surface area contributed by atoms with E-state index in [1.54, 1.807) is 13.8 Å². The average molecular weight is 294 g/mol. The predicted molar refractivity (Wildman–Crippen MR) is 80.7 cm³/mol. The van der Waals surface area contributed by atoms with Gasteiger partial charge in [0.25, 0.3) is 0 Å². The van der Waals surface area contributed by atoms with E-state index in [0.29, 0.717) is 6.54 Å². The highest BCUT2D eigenvalue weighted by atomic mass is 32.2. The zero-order chi connectivity index (χ0) is 15.2.